The molecule has 0 aliphatic carbocycles. The van der Waals surface area contributed by atoms with Crippen LogP contribution in [0.5, 0.6) is 11.5 Å². The number of hydrogen-bond acceptors (Lipinski definition) is 4. The number of rotatable bonds is 3. The maximum Gasteiger partial charge on any atom is 0.259 e. The van der Waals surface area contributed by atoms with Crippen molar-refractivity contribution in [3.05, 3.63) is 47.5 Å². The van der Waals surface area contributed by atoms with Crippen LogP contribution in [0.3, 0.4) is 0 Å². The van der Waals surface area contributed by atoms with Crippen LogP contribution in [0.1, 0.15) is 15.9 Å². The molecule has 104 valence electrons. The molecule has 0 radical (unpaired) electrons. The summed E-state index contributed by atoms with van der Waals surface area (Å²) in [6, 6.07) is 9.74. The Morgan fingerprint density at radius 1 is 1.25 bits per heavy atom. The average molecular weight is 272 g/mol. The lowest BCUT2D eigenvalue weighted by molar-refractivity contribution is 0.102. The number of nitrogens with two attached hydrogens (primary N) is 1. The van der Waals surface area contributed by atoms with Crippen molar-refractivity contribution in [2.24, 2.45) is 0 Å². The van der Waals surface area contributed by atoms with Crippen LogP contribution >= 0.6 is 0 Å². The van der Waals surface area contributed by atoms with Gasteiger partial charge < -0.3 is 20.9 Å². The van der Waals surface area contributed by atoms with Gasteiger partial charge in [-0.1, -0.05) is 6.07 Å². The Labute approximate surface area is 117 Å². The van der Waals surface area contributed by atoms with E-state index >= 15 is 0 Å². The topological polar surface area (TPSA) is 84.6 Å². The molecule has 5 nitrogen and oxygen atoms in total. The van der Waals surface area contributed by atoms with E-state index in [1.165, 1.54) is 19.2 Å². The molecule has 0 bridgehead atoms. The molecule has 0 saturated heterocycles. The number of benzene rings is 2. The number of aromatic hydroxyl groups is 1. The molecule has 0 aromatic heterocycles. The highest BCUT2D eigenvalue weighted by Gasteiger charge is 2.12. The molecular weight excluding hydrogens is 256 g/mol. The Balaban J connectivity index is 2.21. The molecule has 0 aliphatic heterocycles. The largest absolute Gasteiger partial charge is 0.507 e. The van der Waals surface area contributed by atoms with Gasteiger partial charge in [-0.3, -0.25) is 4.79 Å². The van der Waals surface area contributed by atoms with Gasteiger partial charge in [0.05, 0.1) is 12.7 Å². The number of phenolic OH excluding ortho intramolecular Hbond substituents is 1. The van der Waals surface area contributed by atoms with Crippen LogP contribution < -0.4 is 15.8 Å². The third-order valence-corrected chi connectivity index (χ3v) is 2.99. The zero-order valence-electron chi connectivity index (χ0n) is 11.3. The number of carbonyl (C=O) groups is 1. The third kappa shape index (κ3) is 2.83. The summed E-state index contributed by atoms with van der Waals surface area (Å²) in [6.07, 6.45) is 0. The summed E-state index contributed by atoms with van der Waals surface area (Å²) in [4.78, 5) is 12.1. The summed E-state index contributed by atoms with van der Waals surface area (Å²) in [6.45, 7) is 1.89. The molecule has 0 heterocycles. The maximum absolute atomic E-state index is 12.1. The molecular formula is C15H16N2O3. The third-order valence-electron chi connectivity index (χ3n) is 2.99. The van der Waals surface area contributed by atoms with E-state index in [1.54, 1.807) is 18.2 Å². The minimum atomic E-state index is -0.409. The Kier molecular flexibility index (Phi) is 3.79. The SMILES string of the molecule is COc1ccc(C(=O)Nc2ccc(C)c(N)c2)c(O)c1. The molecule has 2 aromatic carbocycles. The fourth-order valence-corrected chi connectivity index (χ4v) is 1.75. The highest BCUT2D eigenvalue weighted by molar-refractivity contribution is 6.06. The molecule has 5 heteroatoms. The second kappa shape index (κ2) is 5.52. The number of amides is 1. The molecule has 20 heavy (non-hydrogen) atoms. The van der Waals surface area contributed by atoms with Gasteiger partial charge in [-0.2, -0.15) is 0 Å². The number of ether oxygens (including phenoxy) is 1. The van der Waals surface area contributed by atoms with Crippen LogP contribution in [0.2, 0.25) is 0 Å². The molecule has 0 spiro atoms. The van der Waals surface area contributed by atoms with Gasteiger partial charge in [0, 0.05) is 17.4 Å². The fraction of sp³-hybridized carbons (Fsp3) is 0.133. The smallest absolute Gasteiger partial charge is 0.259 e. The second-order valence-corrected chi connectivity index (χ2v) is 4.41. The highest BCUT2D eigenvalue weighted by Crippen LogP contribution is 2.25. The number of aryl methyl sites for hydroxylation is 1. The quantitative estimate of drug-likeness (QED) is 0.750. The first-order valence-corrected chi connectivity index (χ1v) is 6.05. The first-order valence-electron chi connectivity index (χ1n) is 6.05. The number of nitrogens with one attached hydrogen (secondary N) is 1. The normalized spacial score (nSPS) is 10.1. The Morgan fingerprint density at radius 2 is 2.00 bits per heavy atom. The van der Waals surface area contributed by atoms with Crippen molar-refractivity contribution in [1.29, 1.82) is 0 Å². The molecule has 2 rings (SSSR count). The predicted molar refractivity (Wildman–Crippen MR) is 78.2 cm³/mol. The van der Waals surface area contributed by atoms with Crippen LogP contribution in [0, 0.1) is 6.92 Å². The van der Waals surface area contributed by atoms with E-state index in [-0.39, 0.29) is 11.3 Å². The van der Waals surface area contributed by atoms with Crippen molar-refractivity contribution in [2.75, 3.05) is 18.2 Å². The van der Waals surface area contributed by atoms with Crippen molar-refractivity contribution in [3.63, 3.8) is 0 Å². The Morgan fingerprint density at radius 3 is 2.60 bits per heavy atom. The Hall–Kier alpha value is -2.69. The zero-order valence-corrected chi connectivity index (χ0v) is 11.3. The van der Waals surface area contributed by atoms with Crippen LogP contribution in [0.4, 0.5) is 11.4 Å². The maximum atomic E-state index is 12.1. The van der Waals surface area contributed by atoms with Crippen LogP contribution in [-0.2, 0) is 0 Å². The van der Waals surface area contributed by atoms with Gasteiger partial charge >= 0.3 is 0 Å². The summed E-state index contributed by atoms with van der Waals surface area (Å²) >= 11 is 0. The minimum absolute atomic E-state index is 0.137. The molecule has 1 amide bonds. The van der Waals surface area contributed by atoms with Gasteiger partial charge in [-0.25, -0.2) is 0 Å². The lowest BCUT2D eigenvalue weighted by Crippen LogP contribution is -2.12. The van der Waals surface area contributed by atoms with E-state index < -0.39 is 5.91 Å². The molecule has 0 aliphatic rings. The number of nitrogen functional groups attached to an aromatic ring is 1. The van der Waals surface area contributed by atoms with Crippen molar-refractivity contribution in [2.45, 2.75) is 6.92 Å². The van der Waals surface area contributed by atoms with Crippen LogP contribution in [-0.4, -0.2) is 18.1 Å². The predicted octanol–water partition coefficient (Wildman–Crippen LogP) is 2.54. The van der Waals surface area contributed by atoms with Gasteiger partial charge in [-0.05, 0) is 36.8 Å². The van der Waals surface area contributed by atoms with E-state index in [9.17, 15) is 9.90 Å². The van der Waals surface area contributed by atoms with E-state index in [0.717, 1.165) is 5.56 Å². The summed E-state index contributed by atoms with van der Waals surface area (Å²) in [5.74, 6) is -0.0611. The number of anilines is 2. The van der Waals surface area contributed by atoms with Crippen LogP contribution in [0.15, 0.2) is 36.4 Å². The lowest BCUT2D eigenvalue weighted by Gasteiger charge is -2.09. The summed E-state index contributed by atoms with van der Waals surface area (Å²) in [5.41, 5.74) is 8.07. The average Bonchev–Trinajstić information content (AvgIpc) is 2.42. The summed E-state index contributed by atoms with van der Waals surface area (Å²) < 4.78 is 4.97. The minimum Gasteiger partial charge on any atom is -0.507 e. The van der Waals surface area contributed by atoms with Crippen LogP contribution in [0.25, 0.3) is 0 Å². The van der Waals surface area contributed by atoms with Crippen molar-refractivity contribution in [3.8, 4) is 11.5 Å². The monoisotopic (exact) mass is 272 g/mol. The second-order valence-electron chi connectivity index (χ2n) is 4.41. The molecule has 0 saturated carbocycles. The summed E-state index contributed by atoms with van der Waals surface area (Å²) in [5, 5.41) is 12.5. The molecule has 0 fully saturated rings. The fourth-order valence-electron chi connectivity index (χ4n) is 1.75. The van der Waals surface area contributed by atoms with Crippen molar-refractivity contribution >= 4 is 17.3 Å². The van der Waals surface area contributed by atoms with Gasteiger partial charge in [0.2, 0.25) is 0 Å². The van der Waals surface area contributed by atoms with Crippen molar-refractivity contribution < 1.29 is 14.6 Å². The van der Waals surface area contributed by atoms with E-state index in [4.69, 9.17) is 10.5 Å². The van der Waals surface area contributed by atoms with Crippen molar-refractivity contribution in [1.82, 2.24) is 0 Å². The summed E-state index contributed by atoms with van der Waals surface area (Å²) in [7, 11) is 1.49. The van der Waals surface area contributed by atoms with Gasteiger partial charge in [-0.15, -0.1) is 0 Å². The first kappa shape index (κ1) is 13.7. The standard InChI is InChI=1S/C15H16N2O3/c1-9-3-4-10(7-13(9)16)17-15(19)12-6-5-11(20-2)8-14(12)18/h3-8,18H,16H2,1-2H3,(H,17,19). The molecule has 0 atom stereocenters. The van der Waals surface area contributed by atoms with Gasteiger partial charge in [0.1, 0.15) is 11.5 Å². The number of phenols is 1. The first-order chi connectivity index (χ1) is 9.51. The van der Waals surface area contributed by atoms with E-state index in [0.29, 0.717) is 17.1 Å². The number of methoxy groups -OCH3 is 1. The lowest BCUT2D eigenvalue weighted by atomic mass is 10.1. The van der Waals surface area contributed by atoms with Gasteiger partial charge in [0.25, 0.3) is 5.91 Å². The van der Waals surface area contributed by atoms with E-state index in [2.05, 4.69) is 5.32 Å². The number of hydrogen-bond donors (Lipinski definition) is 3. The number of carbonyl (C=O) groups excluding carboxylic acids is 1. The molecule has 4 N–H and O–H groups in total. The zero-order chi connectivity index (χ0) is 14.7. The van der Waals surface area contributed by atoms with E-state index in [1.807, 2.05) is 13.0 Å². The molecule has 0 unspecified atom stereocenters. The highest BCUT2D eigenvalue weighted by atomic mass is 16.5. The molecule has 2 aromatic rings. The Bertz CT molecular complexity index is 654. The van der Waals surface area contributed by atoms with Gasteiger partial charge in [0.15, 0.2) is 0 Å².